The first-order valence-electron chi connectivity index (χ1n) is 8.37. The Bertz CT molecular complexity index is 818. The third-order valence-electron chi connectivity index (χ3n) is 3.89. The van der Waals surface area contributed by atoms with Crippen molar-refractivity contribution in [3.8, 4) is 0 Å². The van der Waals surface area contributed by atoms with Gasteiger partial charge in [0.15, 0.2) is 0 Å². The molecule has 0 aliphatic carbocycles. The highest BCUT2D eigenvalue weighted by Crippen LogP contribution is 2.30. The van der Waals surface area contributed by atoms with Crippen LogP contribution in [0.5, 0.6) is 0 Å². The number of urea groups is 1. The zero-order chi connectivity index (χ0) is 20.0. The summed E-state index contributed by atoms with van der Waals surface area (Å²) in [5.41, 5.74) is 1.10. The summed E-state index contributed by atoms with van der Waals surface area (Å²) in [6, 6.07) is 9.51. The molecular weight excluding hydrogens is 392 g/mol. The van der Waals surface area contributed by atoms with Crippen LogP contribution in [0.15, 0.2) is 42.5 Å². The second-order valence-corrected chi connectivity index (χ2v) is 6.68. The molecule has 0 radical (unpaired) electrons. The molecule has 27 heavy (non-hydrogen) atoms. The average Bonchev–Trinajstić information content (AvgIpc) is 2.63. The number of carbonyl (C=O) groups is 2. The third-order valence-corrected chi connectivity index (χ3v) is 4.51. The molecule has 0 fully saturated rings. The fraction of sp³-hybridized carbons (Fsp3) is 0.263. The van der Waals surface area contributed by atoms with E-state index in [0.717, 1.165) is 0 Å². The van der Waals surface area contributed by atoms with Crippen LogP contribution in [0.3, 0.4) is 0 Å². The number of benzene rings is 2. The van der Waals surface area contributed by atoms with Crippen molar-refractivity contribution in [2.45, 2.75) is 25.9 Å². The summed E-state index contributed by atoms with van der Waals surface area (Å²) >= 11 is 11.9. The van der Waals surface area contributed by atoms with Gasteiger partial charge in [0.25, 0.3) is 0 Å². The second kappa shape index (κ2) is 9.69. The molecule has 3 amide bonds. The van der Waals surface area contributed by atoms with Crippen molar-refractivity contribution in [1.29, 1.82) is 0 Å². The van der Waals surface area contributed by atoms with Gasteiger partial charge in [0.05, 0.1) is 5.02 Å². The van der Waals surface area contributed by atoms with E-state index in [4.69, 9.17) is 23.2 Å². The van der Waals surface area contributed by atoms with E-state index in [2.05, 4.69) is 16.0 Å². The standard InChI is InChI=1S/C19H20Cl2FN3O2/c1-3-23-19(27)25-18(26)17(12-7-5-4-6-8-12)24-11(2)13-9-16(22)15(21)10-14(13)20/h4-11,17,24H,3H2,1-2H3,(H2,23,25,26,27)/t11-,17-/m1/s1. The molecule has 0 bridgehead atoms. The lowest BCUT2D eigenvalue weighted by atomic mass is 10.0. The van der Waals surface area contributed by atoms with E-state index < -0.39 is 29.8 Å². The van der Waals surface area contributed by atoms with Gasteiger partial charge in [-0.25, -0.2) is 9.18 Å². The summed E-state index contributed by atoms with van der Waals surface area (Å²) in [5.74, 6) is -1.14. The van der Waals surface area contributed by atoms with E-state index >= 15 is 0 Å². The summed E-state index contributed by atoms with van der Waals surface area (Å²) in [5, 5.41) is 8.09. The van der Waals surface area contributed by atoms with Gasteiger partial charge in [-0.05, 0) is 37.1 Å². The van der Waals surface area contributed by atoms with Crippen molar-refractivity contribution < 1.29 is 14.0 Å². The number of halogens is 3. The predicted octanol–water partition coefficient (Wildman–Crippen LogP) is 4.37. The summed E-state index contributed by atoms with van der Waals surface area (Å²) in [6.45, 7) is 3.87. The lowest BCUT2D eigenvalue weighted by molar-refractivity contribution is -0.122. The molecule has 2 rings (SSSR count). The molecule has 5 nitrogen and oxygen atoms in total. The maximum Gasteiger partial charge on any atom is 0.321 e. The van der Waals surface area contributed by atoms with Crippen molar-refractivity contribution in [3.63, 3.8) is 0 Å². The zero-order valence-electron chi connectivity index (χ0n) is 14.9. The molecule has 8 heteroatoms. The highest BCUT2D eigenvalue weighted by molar-refractivity contribution is 6.35. The van der Waals surface area contributed by atoms with Gasteiger partial charge in [0.2, 0.25) is 5.91 Å². The van der Waals surface area contributed by atoms with Crippen LogP contribution < -0.4 is 16.0 Å². The van der Waals surface area contributed by atoms with Gasteiger partial charge in [0.1, 0.15) is 11.9 Å². The van der Waals surface area contributed by atoms with Crippen molar-refractivity contribution >= 4 is 35.1 Å². The fourth-order valence-corrected chi connectivity index (χ4v) is 3.11. The maximum absolute atomic E-state index is 13.8. The minimum Gasteiger partial charge on any atom is -0.338 e. The second-order valence-electron chi connectivity index (χ2n) is 5.87. The quantitative estimate of drug-likeness (QED) is 0.618. The van der Waals surface area contributed by atoms with Crippen molar-refractivity contribution in [1.82, 2.24) is 16.0 Å². The summed E-state index contributed by atoms with van der Waals surface area (Å²) in [7, 11) is 0. The van der Waals surface area contributed by atoms with Crippen molar-refractivity contribution in [3.05, 3.63) is 69.5 Å². The smallest absolute Gasteiger partial charge is 0.321 e. The predicted molar refractivity (Wildman–Crippen MR) is 104 cm³/mol. The molecule has 2 aromatic rings. The molecule has 0 aliphatic rings. The Labute approximate surface area is 167 Å². The molecule has 2 atom stereocenters. The van der Waals surface area contributed by atoms with Gasteiger partial charge >= 0.3 is 6.03 Å². The number of hydrogen-bond acceptors (Lipinski definition) is 3. The summed E-state index contributed by atoms with van der Waals surface area (Å²) < 4.78 is 13.8. The fourth-order valence-electron chi connectivity index (χ4n) is 2.57. The summed E-state index contributed by atoms with van der Waals surface area (Å²) in [4.78, 5) is 24.4. The number of nitrogens with one attached hydrogen (secondary N) is 3. The van der Waals surface area contributed by atoms with Crippen LogP contribution in [0.2, 0.25) is 10.0 Å². The van der Waals surface area contributed by atoms with Crippen LogP contribution in [0.25, 0.3) is 0 Å². The van der Waals surface area contributed by atoms with E-state index in [0.29, 0.717) is 17.7 Å². The van der Waals surface area contributed by atoms with Gasteiger partial charge in [-0.15, -0.1) is 0 Å². The molecular formula is C19H20Cl2FN3O2. The van der Waals surface area contributed by atoms with E-state index in [1.54, 1.807) is 38.1 Å². The number of carbonyl (C=O) groups excluding carboxylic acids is 2. The van der Waals surface area contributed by atoms with Crippen LogP contribution in [-0.4, -0.2) is 18.5 Å². The Hall–Kier alpha value is -2.15. The number of hydrogen-bond donors (Lipinski definition) is 3. The monoisotopic (exact) mass is 411 g/mol. The molecule has 0 heterocycles. The zero-order valence-corrected chi connectivity index (χ0v) is 16.4. The van der Waals surface area contributed by atoms with Crippen LogP contribution >= 0.6 is 23.2 Å². The van der Waals surface area contributed by atoms with Crippen molar-refractivity contribution in [2.75, 3.05) is 6.54 Å². The first-order chi connectivity index (χ1) is 12.8. The van der Waals surface area contributed by atoms with Gasteiger partial charge in [-0.1, -0.05) is 53.5 Å². The number of imide groups is 1. The molecule has 0 saturated carbocycles. The Morgan fingerprint density at radius 3 is 2.41 bits per heavy atom. The van der Waals surface area contributed by atoms with E-state index in [1.165, 1.54) is 12.1 Å². The van der Waals surface area contributed by atoms with Crippen LogP contribution in [0.4, 0.5) is 9.18 Å². The molecule has 0 saturated heterocycles. The Balaban J connectivity index is 2.27. The van der Waals surface area contributed by atoms with Gasteiger partial charge < -0.3 is 5.32 Å². The Morgan fingerprint density at radius 2 is 1.78 bits per heavy atom. The third kappa shape index (κ3) is 5.66. The van der Waals surface area contributed by atoms with E-state index in [1.807, 2.05) is 6.07 Å². The Kier molecular flexibility index (Phi) is 7.59. The molecule has 2 aromatic carbocycles. The molecule has 0 spiro atoms. The van der Waals surface area contributed by atoms with Gasteiger partial charge in [-0.2, -0.15) is 0 Å². The molecule has 0 aliphatic heterocycles. The van der Waals surface area contributed by atoms with Crippen LogP contribution in [0.1, 0.15) is 37.1 Å². The maximum atomic E-state index is 13.8. The van der Waals surface area contributed by atoms with E-state index in [9.17, 15) is 14.0 Å². The van der Waals surface area contributed by atoms with Crippen LogP contribution in [0, 0.1) is 5.82 Å². The topological polar surface area (TPSA) is 70.2 Å². The molecule has 3 N–H and O–H groups in total. The van der Waals surface area contributed by atoms with Gasteiger partial charge in [-0.3, -0.25) is 15.4 Å². The first kappa shape index (κ1) is 21.2. The lowest BCUT2D eigenvalue weighted by Gasteiger charge is -2.24. The number of rotatable bonds is 6. The summed E-state index contributed by atoms with van der Waals surface area (Å²) in [6.07, 6.45) is 0. The average molecular weight is 412 g/mol. The van der Waals surface area contributed by atoms with E-state index in [-0.39, 0.29) is 10.0 Å². The SMILES string of the molecule is CCNC(=O)NC(=O)[C@H](N[C@H](C)c1cc(F)c(Cl)cc1Cl)c1ccccc1. The Morgan fingerprint density at radius 1 is 1.11 bits per heavy atom. The molecule has 0 aromatic heterocycles. The highest BCUT2D eigenvalue weighted by Gasteiger charge is 2.25. The normalized spacial score (nSPS) is 12.9. The van der Waals surface area contributed by atoms with Crippen molar-refractivity contribution in [2.24, 2.45) is 0 Å². The minimum absolute atomic E-state index is 0.0791. The lowest BCUT2D eigenvalue weighted by Crippen LogP contribution is -2.45. The first-order valence-corrected chi connectivity index (χ1v) is 9.13. The minimum atomic E-state index is -0.849. The molecule has 144 valence electrons. The number of amides is 3. The highest BCUT2D eigenvalue weighted by atomic mass is 35.5. The largest absolute Gasteiger partial charge is 0.338 e. The van der Waals surface area contributed by atoms with Gasteiger partial charge in [0, 0.05) is 17.6 Å². The van der Waals surface area contributed by atoms with Crippen LogP contribution in [-0.2, 0) is 4.79 Å². The molecule has 0 unspecified atom stereocenters.